The van der Waals surface area contributed by atoms with E-state index in [1.54, 1.807) is 19.0 Å². The molecule has 2 amide bonds. The van der Waals surface area contributed by atoms with Crippen LogP contribution in [0, 0.1) is 11.2 Å². The fourth-order valence-corrected chi connectivity index (χ4v) is 2.88. The van der Waals surface area contributed by atoms with Gasteiger partial charge in [0.25, 0.3) is 0 Å². The second-order valence-electron chi connectivity index (χ2n) is 5.74. The van der Waals surface area contributed by atoms with Crippen LogP contribution in [0.1, 0.15) is 12.8 Å². The molecule has 0 aromatic carbocycles. The SMILES string of the molecule is CN(C)c1nc(N2CCC3(CC(=O)NC3=O)C2)ncc1F. The maximum absolute atomic E-state index is 13.6. The van der Waals surface area contributed by atoms with Crippen molar-refractivity contribution in [1.82, 2.24) is 15.3 Å². The Hall–Kier alpha value is -2.25. The summed E-state index contributed by atoms with van der Waals surface area (Å²) in [5, 5.41) is 2.35. The van der Waals surface area contributed by atoms with Gasteiger partial charge in [-0.1, -0.05) is 0 Å². The highest BCUT2D eigenvalue weighted by Crippen LogP contribution is 2.38. The van der Waals surface area contributed by atoms with Gasteiger partial charge in [0.05, 0.1) is 11.6 Å². The molecule has 0 bridgehead atoms. The monoisotopic (exact) mass is 293 g/mol. The van der Waals surface area contributed by atoms with E-state index in [-0.39, 0.29) is 24.1 Å². The molecule has 8 heteroatoms. The van der Waals surface area contributed by atoms with Gasteiger partial charge in [0.1, 0.15) is 0 Å². The molecule has 1 N–H and O–H groups in total. The Morgan fingerprint density at radius 1 is 1.43 bits per heavy atom. The van der Waals surface area contributed by atoms with Crippen LogP contribution in [0.4, 0.5) is 16.2 Å². The van der Waals surface area contributed by atoms with Crippen molar-refractivity contribution < 1.29 is 14.0 Å². The van der Waals surface area contributed by atoms with Gasteiger partial charge in [-0.15, -0.1) is 0 Å². The van der Waals surface area contributed by atoms with Crippen molar-refractivity contribution in [3.05, 3.63) is 12.0 Å². The fourth-order valence-electron chi connectivity index (χ4n) is 2.88. The molecule has 0 saturated carbocycles. The lowest BCUT2D eigenvalue weighted by atomic mass is 9.85. The highest BCUT2D eigenvalue weighted by molar-refractivity contribution is 6.06. The molecule has 1 spiro atoms. The van der Waals surface area contributed by atoms with Crippen LogP contribution in [0.5, 0.6) is 0 Å². The summed E-state index contributed by atoms with van der Waals surface area (Å²) >= 11 is 0. The van der Waals surface area contributed by atoms with Crippen LogP contribution in [-0.2, 0) is 9.59 Å². The number of aromatic nitrogens is 2. The zero-order valence-corrected chi connectivity index (χ0v) is 11.9. The normalized spacial score (nSPS) is 24.8. The van der Waals surface area contributed by atoms with Crippen LogP contribution >= 0.6 is 0 Å². The lowest BCUT2D eigenvalue weighted by molar-refractivity contribution is -0.127. The first kappa shape index (κ1) is 13.7. The smallest absolute Gasteiger partial charge is 0.235 e. The summed E-state index contributed by atoms with van der Waals surface area (Å²) < 4.78 is 13.6. The number of carbonyl (C=O) groups is 2. The predicted octanol–water partition coefficient (Wildman–Crippen LogP) is -0.0753. The highest BCUT2D eigenvalue weighted by atomic mass is 19.1. The van der Waals surface area contributed by atoms with Gasteiger partial charge in [-0.05, 0) is 6.42 Å². The largest absolute Gasteiger partial charge is 0.360 e. The minimum atomic E-state index is -0.687. The summed E-state index contributed by atoms with van der Waals surface area (Å²) in [6.45, 7) is 0.947. The Kier molecular flexibility index (Phi) is 3.03. The summed E-state index contributed by atoms with van der Waals surface area (Å²) in [6.07, 6.45) is 1.90. The molecule has 112 valence electrons. The Morgan fingerprint density at radius 3 is 2.81 bits per heavy atom. The molecular weight excluding hydrogens is 277 g/mol. The molecule has 1 aromatic rings. The third-order valence-electron chi connectivity index (χ3n) is 4.01. The predicted molar refractivity (Wildman–Crippen MR) is 73.3 cm³/mol. The number of imide groups is 1. The quantitative estimate of drug-likeness (QED) is 0.769. The molecule has 2 fully saturated rings. The molecule has 1 atom stereocenters. The molecule has 2 saturated heterocycles. The second kappa shape index (κ2) is 4.64. The van der Waals surface area contributed by atoms with Gasteiger partial charge in [0.15, 0.2) is 11.6 Å². The number of anilines is 2. The first-order chi connectivity index (χ1) is 9.91. The van der Waals surface area contributed by atoms with Crippen molar-refractivity contribution in [2.75, 3.05) is 37.0 Å². The van der Waals surface area contributed by atoms with Gasteiger partial charge in [-0.3, -0.25) is 14.9 Å². The molecule has 21 heavy (non-hydrogen) atoms. The standard InChI is InChI=1S/C13H16FN5O2/c1-18(2)10-8(14)6-15-12(17-10)19-4-3-13(7-19)5-9(20)16-11(13)21/h6H,3-5,7H2,1-2H3,(H,16,20,21). The van der Waals surface area contributed by atoms with Crippen LogP contribution in [0.2, 0.25) is 0 Å². The van der Waals surface area contributed by atoms with Crippen LogP contribution in [0.3, 0.4) is 0 Å². The van der Waals surface area contributed by atoms with Gasteiger partial charge < -0.3 is 9.80 Å². The average Bonchev–Trinajstić information content (AvgIpc) is 2.95. The zero-order chi connectivity index (χ0) is 15.2. The maximum atomic E-state index is 13.6. The minimum absolute atomic E-state index is 0.198. The molecular formula is C13H16FN5O2. The van der Waals surface area contributed by atoms with E-state index in [2.05, 4.69) is 15.3 Å². The van der Waals surface area contributed by atoms with Gasteiger partial charge in [0, 0.05) is 33.6 Å². The number of nitrogens with zero attached hydrogens (tertiary/aromatic N) is 4. The molecule has 2 aliphatic rings. The fraction of sp³-hybridized carbons (Fsp3) is 0.538. The average molecular weight is 293 g/mol. The van der Waals surface area contributed by atoms with E-state index in [1.165, 1.54) is 0 Å². The lowest BCUT2D eigenvalue weighted by Gasteiger charge is -2.21. The molecule has 0 radical (unpaired) electrons. The molecule has 7 nitrogen and oxygen atoms in total. The highest BCUT2D eigenvalue weighted by Gasteiger charge is 2.51. The van der Waals surface area contributed by atoms with E-state index in [9.17, 15) is 14.0 Å². The molecule has 1 unspecified atom stereocenters. The molecule has 3 rings (SSSR count). The summed E-state index contributed by atoms with van der Waals surface area (Å²) in [4.78, 5) is 34.9. The van der Waals surface area contributed by atoms with Crippen molar-refractivity contribution in [3.8, 4) is 0 Å². The topological polar surface area (TPSA) is 78.4 Å². The minimum Gasteiger partial charge on any atom is -0.360 e. The van der Waals surface area contributed by atoms with Crippen molar-refractivity contribution in [2.45, 2.75) is 12.8 Å². The molecule has 0 aliphatic carbocycles. The number of rotatable bonds is 2. The molecule has 2 aliphatic heterocycles. The van der Waals surface area contributed by atoms with Crippen molar-refractivity contribution >= 4 is 23.6 Å². The Labute approximate surface area is 121 Å². The summed E-state index contributed by atoms with van der Waals surface area (Å²) in [7, 11) is 3.40. The van der Waals surface area contributed by atoms with E-state index in [0.29, 0.717) is 25.5 Å². The van der Waals surface area contributed by atoms with Crippen molar-refractivity contribution in [3.63, 3.8) is 0 Å². The second-order valence-corrected chi connectivity index (χ2v) is 5.74. The maximum Gasteiger partial charge on any atom is 0.235 e. The van der Waals surface area contributed by atoms with Gasteiger partial charge in [-0.25, -0.2) is 9.37 Å². The van der Waals surface area contributed by atoms with Crippen LogP contribution in [0.25, 0.3) is 0 Å². The summed E-state index contributed by atoms with van der Waals surface area (Å²) in [6, 6.07) is 0. The van der Waals surface area contributed by atoms with E-state index in [0.717, 1.165) is 6.20 Å². The van der Waals surface area contributed by atoms with Crippen LogP contribution in [0.15, 0.2) is 6.20 Å². The van der Waals surface area contributed by atoms with Crippen molar-refractivity contribution in [1.29, 1.82) is 0 Å². The third kappa shape index (κ3) is 2.20. The first-order valence-electron chi connectivity index (χ1n) is 6.70. The number of hydrogen-bond donors (Lipinski definition) is 1. The summed E-state index contributed by atoms with van der Waals surface area (Å²) in [5.74, 6) is -0.385. The lowest BCUT2D eigenvalue weighted by Crippen LogP contribution is -2.35. The third-order valence-corrected chi connectivity index (χ3v) is 4.01. The van der Waals surface area contributed by atoms with Gasteiger partial charge in [0.2, 0.25) is 17.8 Å². The molecule has 1 aromatic heterocycles. The van der Waals surface area contributed by atoms with Gasteiger partial charge in [-0.2, -0.15) is 4.98 Å². The number of halogens is 1. The van der Waals surface area contributed by atoms with E-state index >= 15 is 0 Å². The van der Waals surface area contributed by atoms with Crippen molar-refractivity contribution in [2.24, 2.45) is 5.41 Å². The van der Waals surface area contributed by atoms with Crippen LogP contribution < -0.4 is 15.1 Å². The van der Waals surface area contributed by atoms with E-state index < -0.39 is 11.2 Å². The Morgan fingerprint density at radius 2 is 2.19 bits per heavy atom. The zero-order valence-electron chi connectivity index (χ0n) is 11.9. The Bertz CT molecular complexity index is 621. The number of hydrogen-bond acceptors (Lipinski definition) is 6. The Balaban J connectivity index is 1.85. The number of nitrogens with one attached hydrogen (secondary N) is 1. The first-order valence-corrected chi connectivity index (χ1v) is 6.70. The van der Waals surface area contributed by atoms with Gasteiger partial charge >= 0.3 is 0 Å². The van der Waals surface area contributed by atoms with E-state index in [1.807, 2.05) is 4.90 Å². The van der Waals surface area contributed by atoms with Crippen LogP contribution in [-0.4, -0.2) is 49.0 Å². The number of amides is 2. The van der Waals surface area contributed by atoms with E-state index in [4.69, 9.17) is 0 Å². The molecule has 3 heterocycles. The number of carbonyl (C=O) groups excluding carboxylic acids is 2. The summed E-state index contributed by atoms with van der Waals surface area (Å²) in [5.41, 5.74) is -0.687.